The minimum Gasteiger partial charge on any atom is -0.496 e. The molecule has 0 bridgehead atoms. The van der Waals surface area contributed by atoms with Gasteiger partial charge in [0, 0.05) is 18.2 Å². The fraction of sp³-hybridized carbons (Fsp3) is 0.389. The first kappa shape index (κ1) is 17.0. The van der Waals surface area contributed by atoms with E-state index in [1.54, 1.807) is 18.4 Å². The van der Waals surface area contributed by atoms with Crippen LogP contribution in [0, 0.1) is 0 Å². The molecule has 1 saturated heterocycles. The first-order valence-electron chi connectivity index (χ1n) is 8.11. The summed E-state index contributed by atoms with van der Waals surface area (Å²) in [5, 5.41) is 11.5. The molecule has 1 atom stereocenters. The number of aliphatic hydroxyl groups is 1. The van der Waals surface area contributed by atoms with Gasteiger partial charge in [0.05, 0.1) is 24.3 Å². The van der Waals surface area contributed by atoms with Crippen molar-refractivity contribution in [3.05, 3.63) is 46.2 Å². The summed E-state index contributed by atoms with van der Waals surface area (Å²) in [6.07, 6.45) is 2.17. The number of benzene rings is 1. The number of nitrogens with zero attached hydrogens (tertiary/aromatic N) is 2. The molecule has 2 heterocycles. The van der Waals surface area contributed by atoms with Crippen molar-refractivity contribution >= 4 is 22.9 Å². The highest BCUT2D eigenvalue weighted by molar-refractivity contribution is 7.12. The van der Waals surface area contributed by atoms with Crippen LogP contribution in [0.4, 0.5) is 5.69 Å². The second-order valence-electron chi connectivity index (χ2n) is 5.92. The van der Waals surface area contributed by atoms with Gasteiger partial charge in [-0.05, 0) is 49.0 Å². The predicted molar refractivity (Wildman–Crippen MR) is 98.2 cm³/mol. The summed E-state index contributed by atoms with van der Waals surface area (Å²) in [4.78, 5) is 7.80. The third kappa shape index (κ3) is 3.77. The molecule has 6 heteroatoms. The van der Waals surface area contributed by atoms with E-state index in [0.717, 1.165) is 47.8 Å². The maximum atomic E-state index is 9.51. The van der Waals surface area contributed by atoms with Crippen molar-refractivity contribution in [1.82, 2.24) is 4.90 Å². The quantitative estimate of drug-likeness (QED) is 0.624. The van der Waals surface area contributed by atoms with Gasteiger partial charge in [-0.1, -0.05) is 6.07 Å². The molecule has 1 aromatic carbocycles. The van der Waals surface area contributed by atoms with Gasteiger partial charge in [0.15, 0.2) is 0 Å². The summed E-state index contributed by atoms with van der Waals surface area (Å²) < 4.78 is 5.49. The minimum atomic E-state index is 0.200. The van der Waals surface area contributed by atoms with E-state index in [0.29, 0.717) is 5.84 Å². The molecule has 3 rings (SSSR count). The first-order chi connectivity index (χ1) is 11.7. The number of aliphatic hydroxyl groups excluding tert-OH is 1. The molecule has 0 spiro atoms. The van der Waals surface area contributed by atoms with Gasteiger partial charge in [0.2, 0.25) is 0 Å². The molecule has 0 unspecified atom stereocenters. The average molecular weight is 345 g/mol. The Bertz CT molecular complexity index is 700. The van der Waals surface area contributed by atoms with Crippen molar-refractivity contribution in [3.8, 4) is 5.75 Å². The molecule has 1 aliphatic heterocycles. The van der Waals surface area contributed by atoms with Gasteiger partial charge < -0.3 is 15.6 Å². The largest absolute Gasteiger partial charge is 0.496 e. The molecule has 1 aromatic heterocycles. The maximum Gasteiger partial charge on any atom is 0.141 e. The lowest BCUT2D eigenvalue weighted by Crippen LogP contribution is -2.31. The summed E-state index contributed by atoms with van der Waals surface area (Å²) in [6, 6.07) is 10.0. The molecule has 128 valence electrons. The van der Waals surface area contributed by atoms with Crippen LogP contribution in [0.25, 0.3) is 0 Å². The summed E-state index contributed by atoms with van der Waals surface area (Å²) in [5.41, 5.74) is 7.97. The van der Waals surface area contributed by atoms with Crippen LogP contribution in [-0.2, 0) is 6.54 Å². The van der Waals surface area contributed by atoms with Crippen LogP contribution in [0.3, 0.4) is 0 Å². The van der Waals surface area contributed by atoms with Gasteiger partial charge >= 0.3 is 0 Å². The second-order valence-corrected chi connectivity index (χ2v) is 6.87. The Labute approximate surface area is 146 Å². The molecule has 0 aliphatic carbocycles. The van der Waals surface area contributed by atoms with Gasteiger partial charge in [-0.2, -0.15) is 0 Å². The molecule has 1 aliphatic rings. The second kappa shape index (κ2) is 7.79. The number of amidine groups is 1. The number of ether oxygens (including phenoxy) is 1. The lowest BCUT2D eigenvalue weighted by atomic mass is 10.1. The Kier molecular flexibility index (Phi) is 5.50. The number of rotatable bonds is 6. The molecule has 0 amide bonds. The number of likely N-dealkylation sites (tertiary alicyclic amines) is 1. The Balaban J connectivity index is 1.84. The van der Waals surface area contributed by atoms with E-state index in [9.17, 15) is 5.11 Å². The number of nitrogens with two attached hydrogens (primary N) is 1. The Morgan fingerprint density at radius 2 is 2.33 bits per heavy atom. The maximum absolute atomic E-state index is 9.51. The SMILES string of the molecule is COc1ccc(N=C(N)c2cccs2)cc1CN1CCC[C@@H]1CO. The normalized spacial score (nSPS) is 18.9. The van der Waals surface area contributed by atoms with Gasteiger partial charge in [0.1, 0.15) is 11.6 Å². The van der Waals surface area contributed by atoms with Crippen LogP contribution in [0.5, 0.6) is 5.75 Å². The molecular formula is C18H23N3O2S. The highest BCUT2D eigenvalue weighted by Gasteiger charge is 2.24. The molecule has 2 aromatic rings. The number of methoxy groups -OCH3 is 1. The molecule has 0 radical (unpaired) electrons. The summed E-state index contributed by atoms with van der Waals surface area (Å²) >= 11 is 1.58. The van der Waals surface area contributed by atoms with E-state index < -0.39 is 0 Å². The van der Waals surface area contributed by atoms with Crippen molar-refractivity contribution in [1.29, 1.82) is 0 Å². The summed E-state index contributed by atoms with van der Waals surface area (Å²) in [7, 11) is 1.68. The smallest absolute Gasteiger partial charge is 0.141 e. The van der Waals surface area contributed by atoms with Crippen LogP contribution >= 0.6 is 11.3 Å². The van der Waals surface area contributed by atoms with E-state index in [1.165, 1.54) is 0 Å². The topological polar surface area (TPSA) is 71.1 Å². The van der Waals surface area contributed by atoms with Gasteiger partial charge in [0.25, 0.3) is 0 Å². The number of thiophene rings is 1. The zero-order valence-electron chi connectivity index (χ0n) is 13.8. The van der Waals surface area contributed by atoms with Crippen molar-refractivity contribution < 1.29 is 9.84 Å². The molecule has 3 N–H and O–H groups in total. The van der Waals surface area contributed by atoms with Crippen LogP contribution < -0.4 is 10.5 Å². The van der Waals surface area contributed by atoms with Crippen LogP contribution in [0.2, 0.25) is 0 Å². The van der Waals surface area contributed by atoms with Crippen molar-refractivity contribution in [2.45, 2.75) is 25.4 Å². The van der Waals surface area contributed by atoms with E-state index in [2.05, 4.69) is 9.89 Å². The zero-order chi connectivity index (χ0) is 16.9. The molecule has 1 fully saturated rings. The van der Waals surface area contributed by atoms with E-state index in [-0.39, 0.29) is 12.6 Å². The number of hydrogen-bond acceptors (Lipinski definition) is 5. The molecule has 5 nitrogen and oxygen atoms in total. The fourth-order valence-corrected chi connectivity index (χ4v) is 3.73. The first-order valence-corrected chi connectivity index (χ1v) is 8.99. The highest BCUT2D eigenvalue weighted by atomic mass is 32.1. The Morgan fingerprint density at radius 3 is 3.04 bits per heavy atom. The lowest BCUT2D eigenvalue weighted by Gasteiger charge is -2.23. The monoisotopic (exact) mass is 345 g/mol. The van der Waals surface area contributed by atoms with Crippen molar-refractivity contribution in [2.24, 2.45) is 10.7 Å². The minimum absolute atomic E-state index is 0.200. The van der Waals surface area contributed by atoms with Crippen LogP contribution in [0.15, 0.2) is 40.7 Å². The van der Waals surface area contributed by atoms with Gasteiger partial charge in [-0.15, -0.1) is 11.3 Å². The third-order valence-corrected chi connectivity index (χ3v) is 5.26. The van der Waals surface area contributed by atoms with Gasteiger partial charge in [-0.3, -0.25) is 4.90 Å². The van der Waals surface area contributed by atoms with E-state index >= 15 is 0 Å². The lowest BCUT2D eigenvalue weighted by molar-refractivity contribution is 0.152. The van der Waals surface area contributed by atoms with E-state index in [4.69, 9.17) is 10.5 Å². The number of aliphatic imine (C=N–C) groups is 1. The molecular weight excluding hydrogens is 322 g/mol. The molecule has 0 saturated carbocycles. The molecule has 24 heavy (non-hydrogen) atoms. The predicted octanol–water partition coefficient (Wildman–Crippen LogP) is 2.75. The van der Waals surface area contributed by atoms with Crippen molar-refractivity contribution in [3.63, 3.8) is 0 Å². The highest BCUT2D eigenvalue weighted by Crippen LogP contribution is 2.29. The fourth-order valence-electron chi connectivity index (χ4n) is 3.11. The summed E-state index contributed by atoms with van der Waals surface area (Å²) in [6.45, 7) is 1.95. The number of hydrogen-bond donors (Lipinski definition) is 2. The standard InChI is InChI=1S/C18H23N3O2S/c1-23-16-7-6-14(20-18(19)17-5-3-9-24-17)10-13(16)11-21-8-2-4-15(21)12-22/h3,5-7,9-10,15,22H,2,4,8,11-12H2,1H3,(H2,19,20)/t15-/m1/s1. The van der Waals surface area contributed by atoms with E-state index in [1.807, 2.05) is 35.7 Å². The zero-order valence-corrected chi connectivity index (χ0v) is 14.6. The van der Waals surface area contributed by atoms with Gasteiger partial charge in [-0.25, -0.2) is 4.99 Å². The van der Waals surface area contributed by atoms with Crippen LogP contribution in [-0.4, -0.2) is 42.1 Å². The third-order valence-electron chi connectivity index (χ3n) is 4.37. The Hall–Kier alpha value is -1.89. The average Bonchev–Trinajstić information content (AvgIpc) is 3.26. The summed E-state index contributed by atoms with van der Waals surface area (Å²) in [5.74, 6) is 1.36. The Morgan fingerprint density at radius 1 is 1.46 bits per heavy atom. The van der Waals surface area contributed by atoms with Crippen LogP contribution in [0.1, 0.15) is 23.3 Å². The van der Waals surface area contributed by atoms with Crippen molar-refractivity contribution in [2.75, 3.05) is 20.3 Å².